The van der Waals surface area contributed by atoms with E-state index in [1.807, 2.05) is 0 Å². The molecule has 1 heterocycles. The van der Waals surface area contributed by atoms with Gasteiger partial charge in [-0.25, -0.2) is 0 Å². The van der Waals surface area contributed by atoms with Crippen molar-refractivity contribution in [3.63, 3.8) is 0 Å². The quantitative estimate of drug-likeness (QED) is 0.749. The van der Waals surface area contributed by atoms with Gasteiger partial charge < -0.3 is 5.11 Å². The summed E-state index contributed by atoms with van der Waals surface area (Å²) in [6.45, 7) is 3.14. The lowest BCUT2D eigenvalue weighted by molar-refractivity contribution is -0.145. The van der Waals surface area contributed by atoms with Gasteiger partial charge in [-0.2, -0.15) is 0 Å². The number of aliphatic carboxylic acids is 1. The van der Waals surface area contributed by atoms with Gasteiger partial charge in [-0.05, 0) is 45.1 Å². The van der Waals surface area contributed by atoms with Gasteiger partial charge in [0.2, 0.25) is 0 Å². The van der Waals surface area contributed by atoms with Crippen LogP contribution in [0.2, 0.25) is 0 Å². The standard InChI is InChI=1S/C11H19NO2/c1-8-4-2-3-7-12(8)10(11(13)14)9-5-6-9/h8-10H,2-7H2,1H3,(H,13,14). The molecule has 2 fully saturated rings. The van der Waals surface area contributed by atoms with Crippen LogP contribution in [0, 0.1) is 5.92 Å². The molecule has 1 aliphatic carbocycles. The van der Waals surface area contributed by atoms with Crippen LogP contribution in [0.25, 0.3) is 0 Å². The second kappa shape index (κ2) is 3.89. The minimum Gasteiger partial charge on any atom is -0.480 e. The minimum atomic E-state index is -0.610. The average Bonchev–Trinajstić information content (AvgIpc) is 2.92. The molecule has 2 atom stereocenters. The zero-order valence-electron chi connectivity index (χ0n) is 8.78. The first-order chi connectivity index (χ1) is 6.70. The first-order valence-electron chi connectivity index (χ1n) is 5.68. The van der Waals surface area contributed by atoms with Crippen LogP contribution < -0.4 is 0 Å². The zero-order chi connectivity index (χ0) is 10.1. The predicted octanol–water partition coefficient (Wildman–Crippen LogP) is 1.72. The number of hydrogen-bond acceptors (Lipinski definition) is 2. The number of carboxylic acid groups (broad SMARTS) is 1. The fourth-order valence-corrected chi connectivity index (χ4v) is 2.56. The number of carbonyl (C=O) groups is 1. The van der Waals surface area contributed by atoms with E-state index in [-0.39, 0.29) is 6.04 Å². The molecule has 0 aromatic heterocycles. The third-order valence-corrected chi connectivity index (χ3v) is 3.53. The molecule has 1 aliphatic heterocycles. The van der Waals surface area contributed by atoms with Crippen molar-refractivity contribution in [1.82, 2.24) is 4.90 Å². The molecular weight excluding hydrogens is 178 g/mol. The highest BCUT2D eigenvalue weighted by Gasteiger charge is 2.42. The summed E-state index contributed by atoms with van der Waals surface area (Å²) in [6.07, 6.45) is 5.81. The summed E-state index contributed by atoms with van der Waals surface area (Å²) in [4.78, 5) is 13.4. The average molecular weight is 197 g/mol. The Bertz CT molecular complexity index is 225. The summed E-state index contributed by atoms with van der Waals surface area (Å²) in [5.74, 6) is -0.172. The molecule has 0 bridgehead atoms. The molecular formula is C11H19NO2. The number of carboxylic acids is 1. The third kappa shape index (κ3) is 1.92. The highest BCUT2D eigenvalue weighted by atomic mass is 16.4. The van der Waals surface area contributed by atoms with Crippen molar-refractivity contribution < 1.29 is 9.90 Å². The van der Waals surface area contributed by atoms with E-state index in [2.05, 4.69) is 11.8 Å². The predicted molar refractivity (Wildman–Crippen MR) is 54.2 cm³/mol. The summed E-state index contributed by atoms with van der Waals surface area (Å²) in [6, 6.07) is 0.274. The largest absolute Gasteiger partial charge is 0.480 e. The summed E-state index contributed by atoms with van der Waals surface area (Å²) in [7, 11) is 0. The van der Waals surface area contributed by atoms with Crippen LogP contribution in [0.15, 0.2) is 0 Å². The topological polar surface area (TPSA) is 40.5 Å². The van der Waals surface area contributed by atoms with Crippen LogP contribution in [0.4, 0.5) is 0 Å². The maximum absolute atomic E-state index is 11.2. The van der Waals surface area contributed by atoms with E-state index in [0.29, 0.717) is 12.0 Å². The van der Waals surface area contributed by atoms with Crippen molar-refractivity contribution in [2.24, 2.45) is 5.92 Å². The maximum Gasteiger partial charge on any atom is 0.321 e. The number of rotatable bonds is 3. The summed E-state index contributed by atoms with van der Waals surface area (Å²) in [5.41, 5.74) is 0. The third-order valence-electron chi connectivity index (χ3n) is 3.53. The maximum atomic E-state index is 11.2. The summed E-state index contributed by atoms with van der Waals surface area (Å²) >= 11 is 0. The first-order valence-corrected chi connectivity index (χ1v) is 5.68. The number of likely N-dealkylation sites (tertiary alicyclic amines) is 1. The lowest BCUT2D eigenvalue weighted by Gasteiger charge is -2.37. The van der Waals surface area contributed by atoms with E-state index in [0.717, 1.165) is 25.8 Å². The molecule has 1 saturated carbocycles. The van der Waals surface area contributed by atoms with E-state index >= 15 is 0 Å². The van der Waals surface area contributed by atoms with Crippen molar-refractivity contribution in [1.29, 1.82) is 0 Å². The first kappa shape index (κ1) is 9.97. The van der Waals surface area contributed by atoms with E-state index in [9.17, 15) is 9.90 Å². The van der Waals surface area contributed by atoms with E-state index in [1.165, 1.54) is 12.8 Å². The molecule has 0 aromatic rings. The van der Waals surface area contributed by atoms with Gasteiger partial charge in [0.25, 0.3) is 0 Å². The zero-order valence-corrected chi connectivity index (χ0v) is 8.78. The van der Waals surface area contributed by atoms with Crippen LogP contribution in [0.1, 0.15) is 39.0 Å². The number of nitrogens with zero attached hydrogens (tertiary/aromatic N) is 1. The van der Waals surface area contributed by atoms with Crippen LogP contribution in [0.5, 0.6) is 0 Å². The Balaban J connectivity index is 2.04. The van der Waals surface area contributed by atoms with Gasteiger partial charge in [0.1, 0.15) is 6.04 Å². The van der Waals surface area contributed by atoms with E-state index in [1.54, 1.807) is 0 Å². The number of hydrogen-bond donors (Lipinski definition) is 1. The van der Waals surface area contributed by atoms with Gasteiger partial charge >= 0.3 is 5.97 Å². The van der Waals surface area contributed by atoms with Crippen molar-refractivity contribution in [2.45, 2.75) is 51.1 Å². The molecule has 2 aliphatic rings. The Labute approximate surface area is 85.1 Å². The second-order valence-corrected chi connectivity index (χ2v) is 4.70. The monoisotopic (exact) mass is 197 g/mol. The second-order valence-electron chi connectivity index (χ2n) is 4.70. The highest BCUT2D eigenvalue weighted by molar-refractivity contribution is 5.74. The van der Waals surface area contributed by atoms with Crippen LogP contribution in [-0.2, 0) is 4.79 Å². The van der Waals surface area contributed by atoms with E-state index < -0.39 is 5.97 Å². The van der Waals surface area contributed by atoms with Gasteiger partial charge in [-0.15, -0.1) is 0 Å². The molecule has 14 heavy (non-hydrogen) atoms. The molecule has 0 radical (unpaired) electrons. The normalized spacial score (nSPS) is 31.4. The molecule has 80 valence electrons. The molecule has 1 N–H and O–H groups in total. The minimum absolute atomic E-state index is 0.190. The summed E-state index contributed by atoms with van der Waals surface area (Å²) in [5, 5.41) is 9.21. The molecule has 1 saturated heterocycles. The molecule has 2 unspecified atom stereocenters. The highest BCUT2D eigenvalue weighted by Crippen LogP contribution is 2.37. The molecule has 3 heteroatoms. The van der Waals surface area contributed by atoms with Gasteiger partial charge in [-0.1, -0.05) is 6.42 Å². The van der Waals surface area contributed by atoms with Gasteiger partial charge in [0.05, 0.1) is 0 Å². The van der Waals surface area contributed by atoms with Crippen molar-refractivity contribution in [3.05, 3.63) is 0 Å². The van der Waals surface area contributed by atoms with Gasteiger partial charge in [0, 0.05) is 6.04 Å². The Kier molecular flexibility index (Phi) is 2.77. The Hall–Kier alpha value is -0.570. The van der Waals surface area contributed by atoms with Crippen molar-refractivity contribution in [2.75, 3.05) is 6.54 Å². The summed E-state index contributed by atoms with van der Waals surface area (Å²) < 4.78 is 0. The van der Waals surface area contributed by atoms with Crippen LogP contribution >= 0.6 is 0 Å². The lowest BCUT2D eigenvalue weighted by Crippen LogP contribution is -2.49. The van der Waals surface area contributed by atoms with Crippen LogP contribution in [-0.4, -0.2) is 34.6 Å². The fraction of sp³-hybridized carbons (Fsp3) is 0.909. The Morgan fingerprint density at radius 2 is 2.07 bits per heavy atom. The van der Waals surface area contributed by atoms with Crippen molar-refractivity contribution in [3.8, 4) is 0 Å². The fourth-order valence-electron chi connectivity index (χ4n) is 2.56. The molecule has 0 amide bonds. The molecule has 2 rings (SSSR count). The molecule has 0 aromatic carbocycles. The van der Waals surface area contributed by atoms with Gasteiger partial charge in [-0.3, -0.25) is 9.69 Å². The molecule has 0 spiro atoms. The van der Waals surface area contributed by atoms with Gasteiger partial charge in [0.15, 0.2) is 0 Å². The lowest BCUT2D eigenvalue weighted by atomic mass is 9.99. The molecule has 3 nitrogen and oxygen atoms in total. The van der Waals surface area contributed by atoms with E-state index in [4.69, 9.17) is 0 Å². The SMILES string of the molecule is CC1CCCCN1C(C(=O)O)C1CC1. The van der Waals surface area contributed by atoms with Crippen LogP contribution in [0.3, 0.4) is 0 Å². The Morgan fingerprint density at radius 1 is 1.36 bits per heavy atom. The number of piperidine rings is 1. The Morgan fingerprint density at radius 3 is 2.57 bits per heavy atom. The smallest absolute Gasteiger partial charge is 0.321 e. The van der Waals surface area contributed by atoms with Crippen molar-refractivity contribution >= 4 is 5.97 Å².